The van der Waals surface area contributed by atoms with E-state index >= 15 is 0 Å². The Balaban J connectivity index is 2.48. The van der Waals surface area contributed by atoms with Crippen molar-refractivity contribution >= 4 is 12.2 Å². The minimum atomic E-state index is 0.0244. The Labute approximate surface area is 127 Å². The van der Waals surface area contributed by atoms with E-state index in [9.17, 15) is 9.59 Å². The van der Waals surface area contributed by atoms with Gasteiger partial charge < -0.3 is 9.64 Å². The lowest BCUT2D eigenvalue weighted by Crippen LogP contribution is -2.36. The number of hydrogen-bond donors (Lipinski definition) is 0. The van der Waals surface area contributed by atoms with Crippen molar-refractivity contribution in [2.45, 2.75) is 39.5 Å². The van der Waals surface area contributed by atoms with Gasteiger partial charge in [0.1, 0.15) is 12.0 Å². The Bertz CT molecular complexity index is 420. The van der Waals surface area contributed by atoms with Crippen molar-refractivity contribution < 1.29 is 14.3 Å². The van der Waals surface area contributed by atoms with Crippen molar-refractivity contribution in [3.05, 3.63) is 29.8 Å². The van der Waals surface area contributed by atoms with Crippen molar-refractivity contribution in [1.82, 2.24) is 4.90 Å². The van der Waals surface area contributed by atoms with Crippen LogP contribution in [0.4, 0.5) is 0 Å². The van der Waals surface area contributed by atoms with E-state index in [1.807, 2.05) is 4.90 Å². The van der Waals surface area contributed by atoms with Crippen LogP contribution < -0.4 is 4.74 Å². The molecule has 0 saturated carbocycles. The van der Waals surface area contributed by atoms with E-state index in [0.29, 0.717) is 11.3 Å². The predicted molar refractivity (Wildman–Crippen MR) is 83.7 cm³/mol. The molecule has 1 rings (SSSR count). The lowest BCUT2D eigenvalue weighted by atomic mass is 10.2. The SMILES string of the molecule is CCCCN(CCCC)C(=O)COc1ccc(C=O)cc1. The lowest BCUT2D eigenvalue weighted by Gasteiger charge is -2.22. The average molecular weight is 291 g/mol. The van der Waals surface area contributed by atoms with Gasteiger partial charge in [-0.15, -0.1) is 0 Å². The van der Waals surface area contributed by atoms with Gasteiger partial charge in [-0.25, -0.2) is 0 Å². The van der Waals surface area contributed by atoms with Crippen LogP contribution in [0.3, 0.4) is 0 Å². The van der Waals surface area contributed by atoms with Gasteiger partial charge in [0.25, 0.3) is 5.91 Å². The summed E-state index contributed by atoms with van der Waals surface area (Å²) in [4.78, 5) is 24.7. The predicted octanol–water partition coefficient (Wildman–Crippen LogP) is 3.31. The highest BCUT2D eigenvalue weighted by atomic mass is 16.5. The molecule has 0 spiro atoms. The van der Waals surface area contributed by atoms with Gasteiger partial charge in [0, 0.05) is 18.7 Å². The average Bonchev–Trinajstić information content (AvgIpc) is 2.53. The Morgan fingerprint density at radius 3 is 2.14 bits per heavy atom. The van der Waals surface area contributed by atoms with Crippen LogP contribution in [-0.4, -0.2) is 36.8 Å². The van der Waals surface area contributed by atoms with Gasteiger partial charge in [0.05, 0.1) is 0 Å². The monoisotopic (exact) mass is 291 g/mol. The molecule has 116 valence electrons. The Morgan fingerprint density at radius 1 is 1.10 bits per heavy atom. The number of carbonyl (C=O) groups excluding carboxylic acids is 2. The molecular formula is C17H25NO3. The molecule has 0 aromatic heterocycles. The second-order valence-electron chi connectivity index (χ2n) is 5.06. The molecule has 0 radical (unpaired) electrons. The number of benzene rings is 1. The summed E-state index contributed by atoms with van der Waals surface area (Å²) in [7, 11) is 0. The third kappa shape index (κ3) is 6.43. The summed E-state index contributed by atoms with van der Waals surface area (Å²) in [5, 5.41) is 0. The maximum absolute atomic E-state index is 12.2. The van der Waals surface area contributed by atoms with Crippen molar-refractivity contribution in [1.29, 1.82) is 0 Å². The quantitative estimate of drug-likeness (QED) is 0.621. The maximum atomic E-state index is 12.2. The van der Waals surface area contributed by atoms with Crippen LogP contribution in [0, 0.1) is 0 Å². The summed E-state index contributed by atoms with van der Waals surface area (Å²) in [5.74, 6) is 0.635. The zero-order valence-electron chi connectivity index (χ0n) is 13.0. The highest BCUT2D eigenvalue weighted by Gasteiger charge is 2.13. The number of nitrogens with zero attached hydrogens (tertiary/aromatic N) is 1. The Kier molecular flexibility index (Phi) is 8.17. The van der Waals surface area contributed by atoms with E-state index in [4.69, 9.17) is 4.74 Å². The van der Waals surface area contributed by atoms with Crippen LogP contribution in [0.1, 0.15) is 49.9 Å². The largest absolute Gasteiger partial charge is 0.484 e. The molecule has 0 atom stereocenters. The minimum absolute atomic E-state index is 0.0244. The molecule has 21 heavy (non-hydrogen) atoms. The van der Waals surface area contributed by atoms with Crippen molar-refractivity contribution in [2.24, 2.45) is 0 Å². The van der Waals surface area contributed by atoms with E-state index in [-0.39, 0.29) is 12.5 Å². The van der Waals surface area contributed by atoms with E-state index in [0.717, 1.165) is 45.1 Å². The molecule has 0 bridgehead atoms. The first-order chi connectivity index (χ1) is 10.2. The number of ether oxygens (including phenoxy) is 1. The molecule has 1 aromatic carbocycles. The Morgan fingerprint density at radius 2 is 1.67 bits per heavy atom. The molecular weight excluding hydrogens is 266 g/mol. The number of hydrogen-bond acceptors (Lipinski definition) is 3. The number of carbonyl (C=O) groups is 2. The normalized spacial score (nSPS) is 10.2. The van der Waals surface area contributed by atoms with Crippen molar-refractivity contribution in [3.8, 4) is 5.75 Å². The molecule has 0 unspecified atom stereocenters. The highest BCUT2D eigenvalue weighted by molar-refractivity contribution is 5.78. The topological polar surface area (TPSA) is 46.6 Å². The molecule has 1 amide bonds. The van der Waals surface area contributed by atoms with E-state index in [1.54, 1.807) is 24.3 Å². The molecule has 0 aliphatic carbocycles. The van der Waals surface area contributed by atoms with Crippen LogP contribution in [0.25, 0.3) is 0 Å². The third-order valence-electron chi connectivity index (χ3n) is 3.29. The van der Waals surface area contributed by atoms with Crippen LogP contribution in [0.2, 0.25) is 0 Å². The molecule has 0 aliphatic heterocycles. The van der Waals surface area contributed by atoms with Crippen molar-refractivity contribution in [3.63, 3.8) is 0 Å². The van der Waals surface area contributed by atoms with Crippen LogP contribution >= 0.6 is 0 Å². The number of rotatable bonds is 10. The van der Waals surface area contributed by atoms with Gasteiger partial charge in [-0.05, 0) is 37.1 Å². The lowest BCUT2D eigenvalue weighted by molar-refractivity contribution is -0.133. The first-order valence-electron chi connectivity index (χ1n) is 7.67. The molecule has 4 heteroatoms. The van der Waals surface area contributed by atoms with Gasteiger partial charge in [0.15, 0.2) is 6.61 Å². The molecule has 0 fully saturated rings. The summed E-state index contributed by atoms with van der Waals surface area (Å²) >= 11 is 0. The number of amides is 1. The van der Waals surface area contributed by atoms with Gasteiger partial charge in [-0.1, -0.05) is 26.7 Å². The summed E-state index contributed by atoms with van der Waals surface area (Å²) in [6.45, 7) is 5.88. The van der Waals surface area contributed by atoms with Gasteiger partial charge in [-0.2, -0.15) is 0 Å². The molecule has 0 saturated heterocycles. The molecule has 0 aliphatic rings. The smallest absolute Gasteiger partial charge is 0.260 e. The van der Waals surface area contributed by atoms with E-state index in [1.165, 1.54) is 0 Å². The van der Waals surface area contributed by atoms with Crippen LogP contribution in [0.5, 0.6) is 5.75 Å². The second kappa shape index (κ2) is 9.97. The van der Waals surface area contributed by atoms with Crippen molar-refractivity contribution in [2.75, 3.05) is 19.7 Å². The molecule has 0 heterocycles. The fraction of sp³-hybridized carbons (Fsp3) is 0.529. The Hall–Kier alpha value is -1.84. The zero-order valence-corrected chi connectivity index (χ0v) is 13.0. The van der Waals surface area contributed by atoms with E-state index in [2.05, 4.69) is 13.8 Å². The molecule has 4 nitrogen and oxygen atoms in total. The summed E-state index contributed by atoms with van der Waals surface area (Å²) in [6.07, 6.45) is 4.97. The third-order valence-corrected chi connectivity index (χ3v) is 3.29. The van der Waals surface area contributed by atoms with E-state index < -0.39 is 0 Å². The zero-order chi connectivity index (χ0) is 15.5. The summed E-state index contributed by atoms with van der Waals surface area (Å²) < 4.78 is 5.50. The first-order valence-corrected chi connectivity index (χ1v) is 7.67. The number of aldehydes is 1. The van der Waals surface area contributed by atoms with Gasteiger partial charge in [0.2, 0.25) is 0 Å². The highest BCUT2D eigenvalue weighted by Crippen LogP contribution is 2.11. The maximum Gasteiger partial charge on any atom is 0.260 e. The number of unbranched alkanes of at least 4 members (excludes halogenated alkanes) is 2. The fourth-order valence-electron chi connectivity index (χ4n) is 1.94. The second-order valence-corrected chi connectivity index (χ2v) is 5.06. The van der Waals surface area contributed by atoms with Gasteiger partial charge in [-0.3, -0.25) is 9.59 Å². The van der Waals surface area contributed by atoms with Gasteiger partial charge >= 0.3 is 0 Å². The summed E-state index contributed by atoms with van der Waals surface area (Å²) in [5.41, 5.74) is 0.598. The minimum Gasteiger partial charge on any atom is -0.484 e. The van der Waals surface area contributed by atoms with Crippen LogP contribution in [-0.2, 0) is 4.79 Å². The molecule has 0 N–H and O–H groups in total. The molecule has 1 aromatic rings. The standard InChI is InChI=1S/C17H25NO3/c1-3-5-11-18(12-6-4-2)17(20)14-21-16-9-7-15(13-19)8-10-16/h7-10,13H,3-6,11-12,14H2,1-2H3. The first kappa shape index (κ1) is 17.2. The summed E-state index contributed by atoms with van der Waals surface area (Å²) in [6, 6.07) is 6.77. The van der Waals surface area contributed by atoms with Crippen LogP contribution in [0.15, 0.2) is 24.3 Å². The fourth-order valence-corrected chi connectivity index (χ4v) is 1.94.